The molecule has 0 aromatic carbocycles. The lowest BCUT2D eigenvalue weighted by Crippen LogP contribution is -2.02. The van der Waals surface area contributed by atoms with Gasteiger partial charge in [-0.1, -0.05) is 6.92 Å². The van der Waals surface area contributed by atoms with E-state index in [4.69, 9.17) is 4.74 Å². The van der Waals surface area contributed by atoms with E-state index in [1.165, 1.54) is 23.3 Å². The van der Waals surface area contributed by atoms with Crippen molar-refractivity contribution in [3.05, 3.63) is 27.6 Å². The van der Waals surface area contributed by atoms with Crippen molar-refractivity contribution in [3.63, 3.8) is 0 Å². The Bertz CT molecular complexity index is 542. The Hall–Kier alpha value is -1.20. The van der Waals surface area contributed by atoms with E-state index < -0.39 is 0 Å². The molecule has 2 rings (SSSR count). The average molecular weight is 267 g/mol. The number of hydrogen-bond donors (Lipinski definition) is 0. The highest BCUT2D eigenvalue weighted by atomic mass is 32.1. The zero-order valence-electron chi connectivity index (χ0n) is 9.94. The van der Waals surface area contributed by atoms with Gasteiger partial charge in [0.15, 0.2) is 5.69 Å². The lowest BCUT2D eigenvalue weighted by molar-refractivity contribution is 0.0594. The first-order valence-corrected chi connectivity index (χ1v) is 6.93. The number of carbonyl (C=O) groups is 1. The van der Waals surface area contributed by atoms with E-state index in [1.807, 2.05) is 6.92 Å². The maximum absolute atomic E-state index is 11.5. The number of hydrogen-bond acceptors (Lipinski definition) is 5. The molecule has 0 spiro atoms. The molecule has 0 saturated heterocycles. The number of thiophene rings is 1. The minimum atomic E-state index is -0.364. The van der Waals surface area contributed by atoms with Crippen LogP contribution in [0.2, 0.25) is 0 Å². The van der Waals surface area contributed by atoms with E-state index in [-0.39, 0.29) is 5.97 Å². The minimum absolute atomic E-state index is 0.364. The van der Waals surface area contributed by atoms with Crippen molar-refractivity contribution in [1.29, 1.82) is 0 Å². The number of carbonyl (C=O) groups excluding carboxylic acids is 1. The van der Waals surface area contributed by atoms with Crippen LogP contribution in [0, 0.1) is 6.92 Å². The summed E-state index contributed by atoms with van der Waals surface area (Å²) in [6.07, 6.45) is 1.03. The van der Waals surface area contributed by atoms with Gasteiger partial charge in [0, 0.05) is 9.75 Å². The number of esters is 1. The third-order valence-electron chi connectivity index (χ3n) is 2.40. The second kappa shape index (κ2) is 4.98. The summed E-state index contributed by atoms with van der Waals surface area (Å²) in [6, 6.07) is 4.16. The molecule has 90 valence electrons. The van der Waals surface area contributed by atoms with Gasteiger partial charge >= 0.3 is 5.97 Å². The van der Waals surface area contributed by atoms with Crippen LogP contribution in [-0.4, -0.2) is 18.1 Å². The highest BCUT2D eigenvalue weighted by Crippen LogP contribution is 2.33. The first-order chi connectivity index (χ1) is 8.15. The van der Waals surface area contributed by atoms with Gasteiger partial charge in [-0.3, -0.25) is 0 Å². The van der Waals surface area contributed by atoms with Crippen molar-refractivity contribution in [2.45, 2.75) is 20.3 Å². The Kier molecular flexibility index (Phi) is 3.59. The average Bonchev–Trinajstić information content (AvgIpc) is 2.94. The molecule has 17 heavy (non-hydrogen) atoms. The van der Waals surface area contributed by atoms with Gasteiger partial charge < -0.3 is 4.74 Å². The lowest BCUT2D eigenvalue weighted by atomic mass is 10.3. The number of aromatic nitrogens is 1. The SMILES string of the molecule is CCc1ccc(-c2nc(C(=O)OC)c(C)s2)s1. The van der Waals surface area contributed by atoms with Crippen LogP contribution in [0.3, 0.4) is 0 Å². The van der Waals surface area contributed by atoms with Gasteiger partial charge in [0.1, 0.15) is 5.01 Å². The monoisotopic (exact) mass is 267 g/mol. The predicted octanol–water partition coefficient (Wildman–Crippen LogP) is 3.53. The fraction of sp³-hybridized carbons (Fsp3) is 0.333. The van der Waals surface area contributed by atoms with E-state index in [9.17, 15) is 4.79 Å². The molecule has 0 N–H and O–H groups in total. The van der Waals surface area contributed by atoms with E-state index in [2.05, 4.69) is 24.0 Å². The van der Waals surface area contributed by atoms with E-state index in [0.717, 1.165) is 21.2 Å². The van der Waals surface area contributed by atoms with Gasteiger partial charge in [0.05, 0.1) is 12.0 Å². The summed E-state index contributed by atoms with van der Waals surface area (Å²) < 4.78 is 4.70. The summed E-state index contributed by atoms with van der Waals surface area (Å²) in [6.45, 7) is 4.02. The highest BCUT2D eigenvalue weighted by molar-refractivity contribution is 7.21. The first-order valence-electron chi connectivity index (χ1n) is 5.30. The number of methoxy groups -OCH3 is 1. The van der Waals surface area contributed by atoms with Crippen LogP contribution in [0.1, 0.15) is 27.2 Å². The second-order valence-corrected chi connectivity index (χ2v) is 5.91. The maximum atomic E-state index is 11.5. The van der Waals surface area contributed by atoms with Crippen LogP contribution in [0.15, 0.2) is 12.1 Å². The Morgan fingerprint density at radius 2 is 2.18 bits per heavy atom. The fourth-order valence-corrected chi connectivity index (χ4v) is 3.37. The lowest BCUT2D eigenvalue weighted by Gasteiger charge is -1.93. The van der Waals surface area contributed by atoms with Crippen molar-refractivity contribution < 1.29 is 9.53 Å². The van der Waals surface area contributed by atoms with Crippen LogP contribution >= 0.6 is 22.7 Å². The Balaban J connectivity index is 2.37. The number of ether oxygens (including phenoxy) is 1. The zero-order chi connectivity index (χ0) is 12.4. The van der Waals surface area contributed by atoms with Gasteiger partial charge in [0.2, 0.25) is 0 Å². The summed E-state index contributed by atoms with van der Waals surface area (Å²) in [5.74, 6) is -0.364. The van der Waals surface area contributed by atoms with Crippen LogP contribution in [-0.2, 0) is 11.2 Å². The van der Waals surface area contributed by atoms with Gasteiger partial charge in [0.25, 0.3) is 0 Å². The Morgan fingerprint density at radius 3 is 2.76 bits per heavy atom. The molecule has 2 heterocycles. The zero-order valence-corrected chi connectivity index (χ0v) is 11.6. The van der Waals surface area contributed by atoms with Crippen LogP contribution < -0.4 is 0 Å². The molecule has 0 radical (unpaired) electrons. The molecule has 0 aliphatic rings. The molecule has 0 saturated carbocycles. The number of thiazole rings is 1. The summed E-state index contributed by atoms with van der Waals surface area (Å²) >= 11 is 3.26. The maximum Gasteiger partial charge on any atom is 0.357 e. The summed E-state index contributed by atoms with van der Waals surface area (Å²) in [5, 5.41) is 0.896. The summed E-state index contributed by atoms with van der Waals surface area (Å²) in [5.41, 5.74) is 0.430. The van der Waals surface area contributed by atoms with Gasteiger partial charge in [-0.2, -0.15) is 0 Å². The van der Waals surface area contributed by atoms with Crippen molar-refractivity contribution in [1.82, 2.24) is 4.98 Å². The van der Waals surface area contributed by atoms with Crippen molar-refractivity contribution in [3.8, 4) is 9.88 Å². The van der Waals surface area contributed by atoms with Crippen LogP contribution in [0.25, 0.3) is 9.88 Å². The molecule has 5 heteroatoms. The predicted molar refractivity (Wildman–Crippen MR) is 70.9 cm³/mol. The summed E-state index contributed by atoms with van der Waals surface area (Å²) in [7, 11) is 1.38. The van der Waals surface area contributed by atoms with Crippen LogP contribution in [0.4, 0.5) is 0 Å². The molecule has 0 bridgehead atoms. The third-order valence-corrected chi connectivity index (χ3v) is 4.77. The quantitative estimate of drug-likeness (QED) is 0.799. The van der Waals surface area contributed by atoms with E-state index in [1.54, 1.807) is 11.3 Å². The molecule has 0 fully saturated rings. The molecule has 0 amide bonds. The van der Waals surface area contributed by atoms with Gasteiger partial charge in [-0.25, -0.2) is 9.78 Å². The number of aryl methyl sites for hydroxylation is 2. The van der Waals surface area contributed by atoms with Crippen molar-refractivity contribution >= 4 is 28.6 Å². The molecule has 0 aliphatic carbocycles. The van der Waals surface area contributed by atoms with Crippen molar-refractivity contribution in [2.24, 2.45) is 0 Å². The van der Waals surface area contributed by atoms with Crippen LogP contribution in [0.5, 0.6) is 0 Å². The smallest absolute Gasteiger partial charge is 0.357 e. The largest absolute Gasteiger partial charge is 0.464 e. The van der Waals surface area contributed by atoms with E-state index >= 15 is 0 Å². The standard InChI is InChI=1S/C12H13NO2S2/c1-4-8-5-6-9(17-8)11-13-10(7(2)16-11)12(14)15-3/h5-6H,4H2,1-3H3. The minimum Gasteiger partial charge on any atom is -0.464 e. The molecule has 2 aromatic rings. The highest BCUT2D eigenvalue weighted by Gasteiger charge is 2.17. The second-order valence-electron chi connectivity index (χ2n) is 3.53. The molecule has 3 nitrogen and oxygen atoms in total. The Labute approximate surface area is 108 Å². The third kappa shape index (κ3) is 2.40. The molecular weight excluding hydrogens is 254 g/mol. The first kappa shape index (κ1) is 12.3. The summed E-state index contributed by atoms with van der Waals surface area (Å²) in [4.78, 5) is 19.2. The van der Waals surface area contributed by atoms with Crippen molar-refractivity contribution in [2.75, 3.05) is 7.11 Å². The molecule has 0 unspecified atom stereocenters. The normalized spacial score (nSPS) is 10.5. The molecule has 0 atom stereocenters. The molecular formula is C12H13NO2S2. The topological polar surface area (TPSA) is 39.2 Å². The van der Waals surface area contributed by atoms with Gasteiger partial charge in [-0.05, 0) is 25.5 Å². The number of nitrogens with zero attached hydrogens (tertiary/aromatic N) is 1. The number of rotatable bonds is 3. The van der Waals surface area contributed by atoms with E-state index in [0.29, 0.717) is 5.69 Å². The Morgan fingerprint density at radius 1 is 1.41 bits per heavy atom. The fourth-order valence-electron chi connectivity index (χ4n) is 1.47. The molecule has 2 aromatic heterocycles. The molecule has 0 aliphatic heterocycles. The van der Waals surface area contributed by atoms with Gasteiger partial charge in [-0.15, -0.1) is 22.7 Å².